The molecule has 0 unspecified atom stereocenters. The van der Waals surface area contributed by atoms with E-state index in [-0.39, 0.29) is 3.70 Å². The Balaban J connectivity index is 3.40. The number of aromatic nitrogens is 1. The van der Waals surface area contributed by atoms with E-state index < -0.39 is 29.1 Å². The highest BCUT2D eigenvalue weighted by molar-refractivity contribution is 14.1. The molecule has 0 radical (unpaired) electrons. The number of aromatic carboxylic acids is 1. The summed E-state index contributed by atoms with van der Waals surface area (Å²) >= 11 is 1.49. The first-order chi connectivity index (χ1) is 6.43. The smallest absolute Gasteiger partial charge is 0.342 e. The van der Waals surface area contributed by atoms with Gasteiger partial charge >= 0.3 is 5.97 Å². The molecule has 7 heteroatoms. The molecule has 0 fully saturated rings. The lowest BCUT2D eigenvalue weighted by Crippen LogP contribution is -2.18. The van der Waals surface area contributed by atoms with Crippen molar-refractivity contribution in [2.24, 2.45) is 0 Å². The van der Waals surface area contributed by atoms with Crippen LogP contribution in [0.5, 0.6) is 0 Å². The van der Waals surface area contributed by atoms with E-state index in [1.165, 1.54) is 22.6 Å². The molecule has 2 N–H and O–H groups in total. The monoisotopic (exact) mass is 315 g/mol. The first-order valence-corrected chi connectivity index (χ1v) is 4.45. The van der Waals surface area contributed by atoms with Crippen molar-refractivity contribution in [1.82, 2.24) is 4.98 Å². The fourth-order valence-electron chi connectivity index (χ4n) is 0.864. The minimum absolute atomic E-state index is 0.0992. The summed E-state index contributed by atoms with van der Waals surface area (Å²) in [4.78, 5) is 23.7. The van der Waals surface area contributed by atoms with Gasteiger partial charge in [0.05, 0.1) is 9.39 Å². The van der Waals surface area contributed by atoms with Crippen LogP contribution in [-0.4, -0.2) is 16.1 Å². The molecule has 0 aliphatic heterocycles. The van der Waals surface area contributed by atoms with Crippen LogP contribution < -0.4 is 5.43 Å². The molecule has 0 saturated carbocycles. The lowest BCUT2D eigenvalue weighted by Gasteiger charge is -2.02. The zero-order valence-electron chi connectivity index (χ0n) is 6.55. The number of pyridine rings is 1. The van der Waals surface area contributed by atoms with Crippen LogP contribution in [0, 0.1) is 3.70 Å². The third kappa shape index (κ3) is 2.08. The summed E-state index contributed by atoms with van der Waals surface area (Å²) in [6.07, 6.45) is -2.82. The molecule has 0 bridgehead atoms. The molecule has 0 aliphatic rings. The normalized spacial score (nSPS) is 10.6. The van der Waals surface area contributed by atoms with Gasteiger partial charge in [0.15, 0.2) is 5.43 Å². The quantitative estimate of drug-likeness (QED) is 0.643. The van der Waals surface area contributed by atoms with Gasteiger partial charge in [0, 0.05) is 6.07 Å². The predicted octanol–water partition coefficient (Wildman–Crippen LogP) is 1.62. The van der Waals surface area contributed by atoms with E-state index in [1.807, 2.05) is 0 Å². The molecule has 0 amide bonds. The Morgan fingerprint density at radius 2 is 2.14 bits per heavy atom. The lowest BCUT2D eigenvalue weighted by atomic mass is 10.2. The van der Waals surface area contributed by atoms with Crippen LogP contribution in [0.2, 0.25) is 0 Å². The van der Waals surface area contributed by atoms with Gasteiger partial charge in [-0.05, 0) is 22.6 Å². The molecule has 1 heterocycles. The predicted molar refractivity (Wildman–Crippen MR) is 51.7 cm³/mol. The number of hydrogen-bond donors (Lipinski definition) is 2. The van der Waals surface area contributed by atoms with E-state index in [0.717, 1.165) is 0 Å². The molecule has 0 aromatic carbocycles. The molecule has 4 nitrogen and oxygen atoms in total. The Bertz CT molecular complexity index is 429. The van der Waals surface area contributed by atoms with Crippen LogP contribution in [0.25, 0.3) is 0 Å². The van der Waals surface area contributed by atoms with Crippen molar-refractivity contribution in [2.75, 3.05) is 0 Å². The summed E-state index contributed by atoms with van der Waals surface area (Å²) in [5, 5.41) is 8.56. The van der Waals surface area contributed by atoms with Gasteiger partial charge < -0.3 is 10.1 Å². The SMILES string of the molecule is O=C(O)c1c(I)[nH]c(C(F)F)cc1=O. The largest absolute Gasteiger partial charge is 0.477 e. The second-order valence-electron chi connectivity index (χ2n) is 2.38. The molecule has 14 heavy (non-hydrogen) atoms. The molecule has 1 aromatic rings. The number of nitrogens with one attached hydrogen (secondary N) is 1. The Labute approximate surface area is 90.1 Å². The minimum atomic E-state index is -2.82. The van der Waals surface area contributed by atoms with E-state index in [9.17, 15) is 18.4 Å². The summed E-state index contributed by atoms with van der Waals surface area (Å²) in [5.74, 6) is -1.43. The second-order valence-corrected chi connectivity index (χ2v) is 3.46. The van der Waals surface area contributed by atoms with Crippen molar-refractivity contribution in [3.63, 3.8) is 0 Å². The van der Waals surface area contributed by atoms with Crippen LogP contribution >= 0.6 is 22.6 Å². The average molecular weight is 315 g/mol. The van der Waals surface area contributed by atoms with E-state index in [2.05, 4.69) is 4.98 Å². The summed E-state index contributed by atoms with van der Waals surface area (Å²) in [5.41, 5.74) is -2.02. The number of hydrogen-bond acceptors (Lipinski definition) is 2. The Hall–Kier alpha value is -0.990. The zero-order chi connectivity index (χ0) is 10.9. The molecule has 1 rings (SSSR count). The van der Waals surface area contributed by atoms with Gasteiger partial charge in [-0.2, -0.15) is 0 Å². The zero-order valence-corrected chi connectivity index (χ0v) is 8.71. The Kier molecular flexibility index (Phi) is 3.19. The average Bonchev–Trinajstić information content (AvgIpc) is 2.01. The van der Waals surface area contributed by atoms with Gasteiger partial charge in [0.1, 0.15) is 5.56 Å². The summed E-state index contributed by atoms with van der Waals surface area (Å²) in [6, 6.07) is 0.594. The Morgan fingerprint density at radius 3 is 2.50 bits per heavy atom. The number of carbonyl (C=O) groups is 1. The summed E-state index contributed by atoms with van der Waals surface area (Å²) in [6.45, 7) is 0. The van der Waals surface area contributed by atoms with Crippen molar-refractivity contribution >= 4 is 28.6 Å². The van der Waals surface area contributed by atoms with E-state index >= 15 is 0 Å². The van der Waals surface area contributed by atoms with Gasteiger partial charge in [0.2, 0.25) is 0 Å². The third-order valence-electron chi connectivity index (χ3n) is 1.46. The van der Waals surface area contributed by atoms with Crippen LogP contribution in [0.1, 0.15) is 22.5 Å². The second kappa shape index (κ2) is 4.03. The molecule has 76 valence electrons. The number of alkyl halides is 2. The molecule has 0 saturated heterocycles. The fourth-order valence-corrected chi connectivity index (χ4v) is 1.67. The first kappa shape index (κ1) is 11.1. The van der Waals surface area contributed by atoms with Crippen molar-refractivity contribution in [3.05, 3.63) is 31.2 Å². The van der Waals surface area contributed by atoms with Crippen LogP contribution in [0.15, 0.2) is 10.9 Å². The summed E-state index contributed by atoms with van der Waals surface area (Å²) in [7, 11) is 0. The number of halogens is 3. The number of carboxylic acid groups (broad SMARTS) is 1. The molecule has 1 aromatic heterocycles. The molecular formula is C7H4F2INO3. The highest BCUT2D eigenvalue weighted by Crippen LogP contribution is 2.16. The topological polar surface area (TPSA) is 70.2 Å². The van der Waals surface area contributed by atoms with Crippen molar-refractivity contribution in [3.8, 4) is 0 Å². The van der Waals surface area contributed by atoms with E-state index in [0.29, 0.717) is 6.07 Å². The Morgan fingerprint density at radius 1 is 1.57 bits per heavy atom. The number of aromatic amines is 1. The van der Waals surface area contributed by atoms with E-state index in [1.54, 1.807) is 0 Å². The van der Waals surface area contributed by atoms with Crippen LogP contribution in [0.4, 0.5) is 8.78 Å². The van der Waals surface area contributed by atoms with Gasteiger partial charge in [-0.3, -0.25) is 4.79 Å². The van der Waals surface area contributed by atoms with Gasteiger partial charge in [-0.15, -0.1) is 0 Å². The van der Waals surface area contributed by atoms with Crippen LogP contribution in [0.3, 0.4) is 0 Å². The molecule has 0 atom stereocenters. The standard InChI is InChI=1S/C7H4F2INO3/c8-5(9)2-1-3(12)4(7(13)14)6(10)11-2/h1,5H,(H,11,12)(H,13,14). The number of carboxylic acids is 1. The van der Waals surface area contributed by atoms with E-state index in [4.69, 9.17) is 5.11 Å². The van der Waals surface area contributed by atoms with Crippen molar-refractivity contribution in [1.29, 1.82) is 0 Å². The maximum absolute atomic E-state index is 12.1. The minimum Gasteiger partial charge on any atom is -0.477 e. The maximum Gasteiger partial charge on any atom is 0.342 e. The first-order valence-electron chi connectivity index (χ1n) is 3.37. The third-order valence-corrected chi connectivity index (χ3v) is 2.26. The van der Waals surface area contributed by atoms with Gasteiger partial charge in [0.25, 0.3) is 6.43 Å². The number of rotatable bonds is 2. The molecule has 0 aliphatic carbocycles. The summed E-state index contributed by atoms with van der Waals surface area (Å²) < 4.78 is 24.2. The maximum atomic E-state index is 12.1. The highest BCUT2D eigenvalue weighted by atomic mass is 127. The molecular weight excluding hydrogens is 311 g/mol. The van der Waals surface area contributed by atoms with Gasteiger partial charge in [-0.25, -0.2) is 13.6 Å². The fraction of sp³-hybridized carbons (Fsp3) is 0.143. The highest BCUT2D eigenvalue weighted by Gasteiger charge is 2.17. The molecule has 0 spiro atoms. The number of H-pyrrole nitrogens is 1. The van der Waals surface area contributed by atoms with Crippen molar-refractivity contribution < 1.29 is 18.7 Å². The van der Waals surface area contributed by atoms with Gasteiger partial charge in [-0.1, -0.05) is 0 Å². The van der Waals surface area contributed by atoms with Crippen LogP contribution in [-0.2, 0) is 0 Å². The van der Waals surface area contributed by atoms with Crippen molar-refractivity contribution in [2.45, 2.75) is 6.43 Å². The lowest BCUT2D eigenvalue weighted by molar-refractivity contribution is 0.0693.